The molecule has 0 atom stereocenters. The van der Waals surface area contributed by atoms with Crippen molar-refractivity contribution in [2.75, 3.05) is 0 Å². The Kier molecular flexibility index (Phi) is 5.06. The SMILES string of the molecule is Cc1ccc(O)c(/C=N/NC(=O)c2[nH]c3ccc(Cl)cc3c2-c2ccccc2)c1. The Morgan fingerprint density at radius 2 is 1.90 bits per heavy atom. The summed E-state index contributed by atoms with van der Waals surface area (Å²) in [5.41, 5.74) is 6.89. The van der Waals surface area contributed by atoms with Gasteiger partial charge in [-0.3, -0.25) is 4.79 Å². The molecule has 0 bridgehead atoms. The molecule has 0 unspecified atom stereocenters. The van der Waals surface area contributed by atoms with E-state index in [1.54, 1.807) is 24.3 Å². The molecule has 1 amide bonds. The molecule has 0 radical (unpaired) electrons. The number of amides is 1. The van der Waals surface area contributed by atoms with Gasteiger partial charge in [0.1, 0.15) is 11.4 Å². The van der Waals surface area contributed by atoms with E-state index in [2.05, 4.69) is 15.5 Å². The van der Waals surface area contributed by atoms with Crippen molar-refractivity contribution in [1.82, 2.24) is 10.4 Å². The Morgan fingerprint density at radius 1 is 1.10 bits per heavy atom. The Morgan fingerprint density at radius 3 is 2.69 bits per heavy atom. The lowest BCUT2D eigenvalue weighted by molar-refractivity contribution is 0.0951. The zero-order chi connectivity index (χ0) is 20.4. The number of hydrazone groups is 1. The van der Waals surface area contributed by atoms with Gasteiger partial charge in [-0.05, 0) is 42.8 Å². The number of phenolic OH excluding ortho intramolecular Hbond substituents is 1. The van der Waals surface area contributed by atoms with E-state index in [4.69, 9.17) is 11.6 Å². The maximum atomic E-state index is 12.9. The molecule has 5 nitrogen and oxygen atoms in total. The minimum absolute atomic E-state index is 0.0961. The molecule has 29 heavy (non-hydrogen) atoms. The molecule has 0 saturated heterocycles. The number of phenols is 1. The van der Waals surface area contributed by atoms with Crippen LogP contribution >= 0.6 is 11.6 Å². The molecule has 0 aliphatic carbocycles. The van der Waals surface area contributed by atoms with Crippen LogP contribution in [0.15, 0.2) is 71.8 Å². The van der Waals surface area contributed by atoms with Crippen molar-refractivity contribution < 1.29 is 9.90 Å². The van der Waals surface area contributed by atoms with Gasteiger partial charge in [0, 0.05) is 27.1 Å². The standard InChI is InChI=1S/C23H18ClN3O2/c1-14-7-10-20(28)16(11-14)13-25-27-23(29)22-21(15-5-3-2-4-6-15)18-12-17(24)8-9-19(18)26-22/h2-13,26,28H,1H3,(H,27,29)/b25-13+. The molecule has 1 heterocycles. The molecule has 6 heteroatoms. The van der Waals surface area contributed by atoms with Crippen LogP contribution in [0.1, 0.15) is 21.6 Å². The van der Waals surface area contributed by atoms with Gasteiger partial charge in [-0.15, -0.1) is 0 Å². The number of aromatic nitrogens is 1. The number of halogens is 1. The number of H-pyrrole nitrogens is 1. The van der Waals surface area contributed by atoms with E-state index >= 15 is 0 Å². The number of rotatable bonds is 4. The van der Waals surface area contributed by atoms with Gasteiger partial charge in [0.2, 0.25) is 0 Å². The van der Waals surface area contributed by atoms with Crippen molar-refractivity contribution in [2.24, 2.45) is 5.10 Å². The predicted octanol–water partition coefficient (Wildman–Crippen LogP) is 5.27. The number of benzene rings is 3. The average Bonchev–Trinajstić information content (AvgIpc) is 3.10. The number of hydrogen-bond donors (Lipinski definition) is 3. The predicted molar refractivity (Wildman–Crippen MR) is 117 cm³/mol. The first-order valence-corrected chi connectivity index (χ1v) is 9.40. The van der Waals surface area contributed by atoms with Gasteiger partial charge in [-0.25, -0.2) is 5.43 Å². The second-order valence-electron chi connectivity index (χ2n) is 6.69. The summed E-state index contributed by atoms with van der Waals surface area (Å²) >= 11 is 6.18. The first-order chi connectivity index (χ1) is 14.0. The van der Waals surface area contributed by atoms with Gasteiger partial charge in [0.05, 0.1) is 6.21 Å². The maximum Gasteiger partial charge on any atom is 0.288 e. The molecule has 0 aliphatic rings. The van der Waals surface area contributed by atoms with E-state index in [-0.39, 0.29) is 11.7 Å². The van der Waals surface area contributed by atoms with Crippen LogP contribution in [-0.2, 0) is 0 Å². The van der Waals surface area contributed by atoms with Crippen LogP contribution in [0, 0.1) is 6.92 Å². The molecular formula is C23H18ClN3O2. The molecule has 1 aromatic heterocycles. The summed E-state index contributed by atoms with van der Waals surface area (Å²) in [4.78, 5) is 16.0. The lowest BCUT2D eigenvalue weighted by Crippen LogP contribution is -2.18. The number of hydrogen-bond acceptors (Lipinski definition) is 3. The Bertz CT molecular complexity index is 1230. The number of carbonyl (C=O) groups excluding carboxylic acids is 1. The first-order valence-electron chi connectivity index (χ1n) is 9.02. The topological polar surface area (TPSA) is 77.5 Å². The molecule has 3 aromatic carbocycles. The summed E-state index contributed by atoms with van der Waals surface area (Å²) in [7, 11) is 0. The second-order valence-corrected chi connectivity index (χ2v) is 7.13. The number of aromatic hydroxyl groups is 1. The Hall–Kier alpha value is -3.57. The number of carbonyl (C=O) groups is 1. The van der Waals surface area contributed by atoms with Crippen molar-refractivity contribution in [2.45, 2.75) is 6.92 Å². The van der Waals surface area contributed by atoms with Crippen LogP contribution in [0.3, 0.4) is 0 Å². The van der Waals surface area contributed by atoms with Gasteiger partial charge < -0.3 is 10.1 Å². The normalized spacial score (nSPS) is 11.2. The number of aryl methyl sites for hydroxylation is 1. The first kappa shape index (κ1) is 18.8. The smallest absolute Gasteiger partial charge is 0.288 e. The minimum atomic E-state index is -0.389. The fourth-order valence-electron chi connectivity index (χ4n) is 3.23. The van der Waals surface area contributed by atoms with Crippen LogP contribution in [0.5, 0.6) is 5.75 Å². The van der Waals surface area contributed by atoms with Crippen LogP contribution in [0.4, 0.5) is 0 Å². The van der Waals surface area contributed by atoms with Gasteiger partial charge in [0.15, 0.2) is 0 Å². The van der Waals surface area contributed by atoms with Crippen molar-refractivity contribution in [1.29, 1.82) is 0 Å². The van der Waals surface area contributed by atoms with Crippen LogP contribution < -0.4 is 5.43 Å². The van der Waals surface area contributed by atoms with Crippen molar-refractivity contribution in [3.8, 4) is 16.9 Å². The minimum Gasteiger partial charge on any atom is -0.507 e. The molecule has 0 spiro atoms. The molecule has 0 aliphatic heterocycles. The van der Waals surface area contributed by atoms with Crippen LogP contribution in [0.25, 0.3) is 22.0 Å². The van der Waals surface area contributed by atoms with Gasteiger partial charge >= 0.3 is 0 Å². The number of nitrogens with zero attached hydrogens (tertiary/aromatic N) is 1. The molecule has 0 saturated carbocycles. The highest BCUT2D eigenvalue weighted by molar-refractivity contribution is 6.31. The molecule has 3 N–H and O–H groups in total. The fraction of sp³-hybridized carbons (Fsp3) is 0.0435. The van der Waals surface area contributed by atoms with E-state index in [1.165, 1.54) is 6.21 Å². The molecule has 4 aromatic rings. The van der Waals surface area contributed by atoms with Crippen molar-refractivity contribution in [3.63, 3.8) is 0 Å². The van der Waals surface area contributed by atoms with E-state index in [0.29, 0.717) is 16.3 Å². The van der Waals surface area contributed by atoms with E-state index in [0.717, 1.165) is 27.6 Å². The van der Waals surface area contributed by atoms with Gasteiger partial charge in [-0.2, -0.15) is 5.10 Å². The molecule has 144 valence electrons. The summed E-state index contributed by atoms with van der Waals surface area (Å²) in [6.45, 7) is 1.91. The van der Waals surface area contributed by atoms with E-state index < -0.39 is 0 Å². The molecule has 0 fully saturated rings. The highest BCUT2D eigenvalue weighted by Gasteiger charge is 2.19. The number of nitrogens with one attached hydrogen (secondary N) is 2. The second kappa shape index (κ2) is 7.81. The lowest BCUT2D eigenvalue weighted by atomic mass is 10.0. The summed E-state index contributed by atoms with van der Waals surface area (Å²) in [6.07, 6.45) is 1.42. The van der Waals surface area contributed by atoms with Gasteiger partial charge in [-0.1, -0.05) is 53.6 Å². The number of aromatic amines is 1. The maximum absolute atomic E-state index is 12.9. The van der Waals surface area contributed by atoms with Crippen LogP contribution in [-0.4, -0.2) is 22.2 Å². The monoisotopic (exact) mass is 403 g/mol. The van der Waals surface area contributed by atoms with Crippen molar-refractivity contribution in [3.05, 3.63) is 88.6 Å². The summed E-state index contributed by atoms with van der Waals surface area (Å²) in [5, 5.41) is 15.4. The highest BCUT2D eigenvalue weighted by Crippen LogP contribution is 2.34. The summed E-state index contributed by atoms with van der Waals surface area (Å²) in [6, 6.07) is 20.3. The number of fused-ring (bicyclic) bond motifs is 1. The van der Waals surface area contributed by atoms with E-state index in [9.17, 15) is 9.90 Å². The fourth-order valence-corrected chi connectivity index (χ4v) is 3.40. The third kappa shape index (κ3) is 3.86. The van der Waals surface area contributed by atoms with Crippen molar-refractivity contribution >= 4 is 34.6 Å². The zero-order valence-electron chi connectivity index (χ0n) is 15.6. The molecule has 4 rings (SSSR count). The third-order valence-electron chi connectivity index (χ3n) is 4.60. The van der Waals surface area contributed by atoms with E-state index in [1.807, 2.05) is 49.4 Å². The Labute approximate surface area is 172 Å². The van der Waals surface area contributed by atoms with Crippen LogP contribution in [0.2, 0.25) is 5.02 Å². The van der Waals surface area contributed by atoms with Gasteiger partial charge in [0.25, 0.3) is 5.91 Å². The third-order valence-corrected chi connectivity index (χ3v) is 4.84. The summed E-state index contributed by atoms with van der Waals surface area (Å²) < 4.78 is 0. The zero-order valence-corrected chi connectivity index (χ0v) is 16.4. The average molecular weight is 404 g/mol. The molecular weight excluding hydrogens is 386 g/mol. The largest absolute Gasteiger partial charge is 0.507 e. The quantitative estimate of drug-likeness (QED) is 0.321. The highest BCUT2D eigenvalue weighted by atomic mass is 35.5. The summed E-state index contributed by atoms with van der Waals surface area (Å²) in [5.74, 6) is -0.293. The Balaban J connectivity index is 1.70. The lowest BCUT2D eigenvalue weighted by Gasteiger charge is -2.05.